The van der Waals surface area contributed by atoms with Gasteiger partial charge in [0.15, 0.2) is 11.6 Å². The lowest BCUT2D eigenvalue weighted by molar-refractivity contribution is 0.400. The van der Waals surface area contributed by atoms with E-state index in [9.17, 15) is 8.78 Å². The molecule has 13 heavy (non-hydrogen) atoms. The maximum absolute atomic E-state index is 12.8. The Morgan fingerprint density at radius 3 is 2.62 bits per heavy atom. The molecule has 0 aliphatic carbocycles. The Morgan fingerprint density at radius 2 is 2.08 bits per heavy atom. The third-order valence-corrected chi connectivity index (χ3v) is 1.69. The summed E-state index contributed by atoms with van der Waals surface area (Å²) in [5.41, 5.74) is 5.78. The molecule has 0 heterocycles. The van der Waals surface area contributed by atoms with E-state index in [1.54, 1.807) is 6.92 Å². The first-order chi connectivity index (χ1) is 6.02. The molecule has 0 fully saturated rings. The standard InChI is InChI=1S/C9H11F2NO/c1-5(12)4-6-2-3-7(10)8(11)9(6)13/h2-3,5,13H,4,12H2,1H3. The summed E-state index contributed by atoms with van der Waals surface area (Å²) in [5, 5.41) is 9.16. The first-order valence-corrected chi connectivity index (χ1v) is 3.93. The Morgan fingerprint density at radius 1 is 1.46 bits per heavy atom. The smallest absolute Gasteiger partial charge is 0.200 e. The monoisotopic (exact) mass is 187 g/mol. The minimum Gasteiger partial charge on any atom is -0.505 e. The topological polar surface area (TPSA) is 46.2 Å². The van der Waals surface area contributed by atoms with Crippen molar-refractivity contribution in [3.63, 3.8) is 0 Å². The fourth-order valence-corrected chi connectivity index (χ4v) is 1.09. The summed E-state index contributed by atoms with van der Waals surface area (Å²) in [6, 6.07) is 2.11. The fourth-order valence-electron chi connectivity index (χ4n) is 1.09. The van der Waals surface area contributed by atoms with Crippen molar-refractivity contribution >= 4 is 0 Å². The van der Waals surface area contributed by atoms with Crippen LogP contribution in [0, 0.1) is 11.6 Å². The maximum Gasteiger partial charge on any atom is 0.200 e. The molecule has 1 aromatic carbocycles. The van der Waals surface area contributed by atoms with Gasteiger partial charge in [0.1, 0.15) is 0 Å². The Balaban J connectivity index is 3.04. The van der Waals surface area contributed by atoms with Gasteiger partial charge in [0.2, 0.25) is 5.82 Å². The molecular weight excluding hydrogens is 176 g/mol. The second-order valence-corrected chi connectivity index (χ2v) is 3.05. The van der Waals surface area contributed by atoms with Crippen LogP contribution in [0.5, 0.6) is 5.75 Å². The Labute approximate surface area is 75.0 Å². The summed E-state index contributed by atoms with van der Waals surface area (Å²) in [6.45, 7) is 1.72. The minimum absolute atomic E-state index is 0.198. The number of aromatic hydroxyl groups is 1. The van der Waals surface area contributed by atoms with Crippen molar-refractivity contribution in [1.29, 1.82) is 0 Å². The first kappa shape index (κ1) is 9.92. The first-order valence-electron chi connectivity index (χ1n) is 3.93. The summed E-state index contributed by atoms with van der Waals surface area (Å²) < 4.78 is 25.3. The normalized spacial score (nSPS) is 12.9. The number of nitrogens with two attached hydrogens (primary N) is 1. The van der Waals surface area contributed by atoms with E-state index in [1.165, 1.54) is 6.07 Å². The highest BCUT2D eigenvalue weighted by atomic mass is 19.2. The third-order valence-electron chi connectivity index (χ3n) is 1.69. The van der Waals surface area contributed by atoms with Gasteiger partial charge in [0, 0.05) is 6.04 Å². The summed E-state index contributed by atoms with van der Waals surface area (Å²) in [5.74, 6) is -2.90. The predicted octanol–water partition coefficient (Wildman–Crippen LogP) is 1.56. The van der Waals surface area contributed by atoms with Crippen molar-refractivity contribution in [1.82, 2.24) is 0 Å². The fraction of sp³-hybridized carbons (Fsp3) is 0.333. The number of halogens is 2. The van der Waals surface area contributed by atoms with Crippen LogP contribution in [-0.2, 0) is 6.42 Å². The molecule has 0 saturated carbocycles. The van der Waals surface area contributed by atoms with Crippen LogP contribution >= 0.6 is 0 Å². The van der Waals surface area contributed by atoms with Crippen molar-refractivity contribution in [3.05, 3.63) is 29.3 Å². The van der Waals surface area contributed by atoms with Gasteiger partial charge in [0.05, 0.1) is 0 Å². The van der Waals surface area contributed by atoms with Crippen LogP contribution in [0.15, 0.2) is 12.1 Å². The molecule has 4 heteroatoms. The van der Waals surface area contributed by atoms with Gasteiger partial charge in [0.25, 0.3) is 0 Å². The Bertz CT molecular complexity index is 313. The zero-order valence-corrected chi connectivity index (χ0v) is 7.22. The van der Waals surface area contributed by atoms with E-state index in [4.69, 9.17) is 10.8 Å². The van der Waals surface area contributed by atoms with Gasteiger partial charge in [-0.25, -0.2) is 4.39 Å². The van der Waals surface area contributed by atoms with E-state index in [0.29, 0.717) is 12.0 Å². The van der Waals surface area contributed by atoms with E-state index in [1.807, 2.05) is 0 Å². The van der Waals surface area contributed by atoms with Crippen molar-refractivity contribution in [2.45, 2.75) is 19.4 Å². The number of hydrogen-bond acceptors (Lipinski definition) is 2. The third kappa shape index (κ3) is 2.15. The van der Waals surface area contributed by atoms with Crippen molar-refractivity contribution in [3.8, 4) is 5.75 Å². The molecule has 0 aromatic heterocycles. The molecule has 1 rings (SSSR count). The lowest BCUT2D eigenvalue weighted by atomic mass is 10.1. The maximum atomic E-state index is 12.8. The van der Waals surface area contributed by atoms with Crippen LogP contribution in [0.1, 0.15) is 12.5 Å². The molecule has 1 atom stereocenters. The zero-order chi connectivity index (χ0) is 10.0. The summed E-state index contributed by atoms with van der Waals surface area (Å²) >= 11 is 0. The van der Waals surface area contributed by atoms with Crippen molar-refractivity contribution < 1.29 is 13.9 Å². The summed E-state index contributed by atoms with van der Waals surface area (Å²) in [4.78, 5) is 0. The van der Waals surface area contributed by atoms with Gasteiger partial charge in [-0.15, -0.1) is 0 Å². The van der Waals surface area contributed by atoms with E-state index < -0.39 is 17.4 Å². The van der Waals surface area contributed by atoms with Gasteiger partial charge >= 0.3 is 0 Å². The molecule has 0 saturated heterocycles. The second kappa shape index (κ2) is 3.70. The lowest BCUT2D eigenvalue weighted by Gasteiger charge is -2.07. The molecule has 3 N–H and O–H groups in total. The molecule has 72 valence electrons. The summed E-state index contributed by atoms with van der Waals surface area (Å²) in [7, 11) is 0. The van der Waals surface area contributed by atoms with Crippen LogP contribution in [0.25, 0.3) is 0 Å². The predicted molar refractivity (Wildman–Crippen MR) is 45.4 cm³/mol. The molecule has 1 aromatic rings. The quantitative estimate of drug-likeness (QED) is 0.738. The molecular formula is C9H11F2NO. The van der Waals surface area contributed by atoms with Crippen LogP contribution in [0.3, 0.4) is 0 Å². The molecule has 0 aliphatic heterocycles. The van der Waals surface area contributed by atoms with Gasteiger partial charge < -0.3 is 10.8 Å². The molecule has 1 unspecified atom stereocenters. The number of hydrogen-bond donors (Lipinski definition) is 2. The number of benzene rings is 1. The molecule has 0 aliphatic rings. The Hall–Kier alpha value is -1.16. The highest BCUT2D eigenvalue weighted by Gasteiger charge is 2.12. The van der Waals surface area contributed by atoms with Crippen LogP contribution in [0.4, 0.5) is 8.78 Å². The van der Waals surface area contributed by atoms with Crippen LogP contribution < -0.4 is 5.73 Å². The lowest BCUT2D eigenvalue weighted by Crippen LogP contribution is -2.18. The highest BCUT2D eigenvalue weighted by molar-refractivity contribution is 5.34. The summed E-state index contributed by atoms with van der Waals surface area (Å²) in [6.07, 6.45) is 0.322. The van der Waals surface area contributed by atoms with E-state index in [-0.39, 0.29) is 6.04 Å². The number of rotatable bonds is 2. The van der Waals surface area contributed by atoms with Crippen molar-refractivity contribution in [2.75, 3.05) is 0 Å². The molecule has 0 radical (unpaired) electrons. The Kier molecular flexibility index (Phi) is 2.83. The second-order valence-electron chi connectivity index (χ2n) is 3.05. The van der Waals surface area contributed by atoms with E-state index >= 15 is 0 Å². The van der Waals surface area contributed by atoms with Gasteiger partial charge in [-0.1, -0.05) is 6.07 Å². The van der Waals surface area contributed by atoms with Gasteiger partial charge in [-0.3, -0.25) is 0 Å². The average molecular weight is 187 g/mol. The van der Waals surface area contributed by atoms with Gasteiger partial charge in [-0.2, -0.15) is 4.39 Å². The largest absolute Gasteiger partial charge is 0.505 e. The van der Waals surface area contributed by atoms with E-state index in [0.717, 1.165) is 6.07 Å². The zero-order valence-electron chi connectivity index (χ0n) is 7.22. The minimum atomic E-state index is -1.21. The molecule has 2 nitrogen and oxygen atoms in total. The average Bonchev–Trinajstić information content (AvgIpc) is 2.06. The van der Waals surface area contributed by atoms with Gasteiger partial charge in [-0.05, 0) is 25.0 Å². The molecule has 0 amide bonds. The molecule has 0 spiro atoms. The van der Waals surface area contributed by atoms with Crippen LogP contribution in [-0.4, -0.2) is 11.1 Å². The SMILES string of the molecule is CC(N)Cc1ccc(F)c(F)c1O. The number of phenolic OH excluding ortho intramolecular Hbond substituents is 1. The van der Waals surface area contributed by atoms with Crippen LogP contribution in [0.2, 0.25) is 0 Å². The number of phenols is 1. The van der Waals surface area contributed by atoms with E-state index in [2.05, 4.69) is 0 Å². The highest BCUT2D eigenvalue weighted by Crippen LogP contribution is 2.24. The molecule has 0 bridgehead atoms. The van der Waals surface area contributed by atoms with Crippen molar-refractivity contribution in [2.24, 2.45) is 5.73 Å².